The second-order valence-electron chi connectivity index (χ2n) is 7.75. The van der Waals surface area contributed by atoms with Gasteiger partial charge in [-0.3, -0.25) is 4.79 Å². The third-order valence-corrected chi connectivity index (χ3v) is 6.14. The van der Waals surface area contributed by atoms with Crippen molar-refractivity contribution < 1.29 is 14.3 Å². The predicted octanol–water partition coefficient (Wildman–Crippen LogP) is 1.45. The monoisotopic (exact) mass is 383 g/mol. The summed E-state index contributed by atoms with van der Waals surface area (Å²) in [6, 6.07) is 0.0157. The highest BCUT2D eigenvalue weighted by Crippen LogP contribution is 2.37. The number of ether oxygens (including phenoxy) is 2. The zero-order valence-corrected chi connectivity index (χ0v) is 15.8. The molecule has 1 N–H and O–H groups in total. The summed E-state index contributed by atoms with van der Waals surface area (Å²) in [5.74, 6) is 1.39. The summed E-state index contributed by atoms with van der Waals surface area (Å²) in [5, 5.41) is 1.11. The summed E-state index contributed by atoms with van der Waals surface area (Å²) in [6.07, 6.45) is 7.14. The molecule has 3 fully saturated rings. The minimum absolute atomic E-state index is 0.00786. The average molecular weight is 383 g/mol. The second-order valence-corrected chi connectivity index (χ2v) is 7.75. The van der Waals surface area contributed by atoms with Gasteiger partial charge in [-0.2, -0.15) is 0 Å². The zero-order chi connectivity index (χ0) is 19.1. The number of hydrogen-bond acceptors (Lipinski definition) is 6. The van der Waals surface area contributed by atoms with Crippen molar-refractivity contribution in [3.63, 3.8) is 0 Å². The number of aromatic amines is 1. The van der Waals surface area contributed by atoms with E-state index in [0.29, 0.717) is 32.2 Å². The Hall–Kier alpha value is -2.45. The lowest BCUT2D eigenvalue weighted by atomic mass is 9.91. The highest BCUT2D eigenvalue weighted by Gasteiger charge is 2.41. The molecule has 5 rings (SSSR count). The van der Waals surface area contributed by atoms with Crippen molar-refractivity contribution in [2.45, 2.75) is 30.8 Å². The zero-order valence-electron chi connectivity index (χ0n) is 15.8. The minimum atomic E-state index is -0.0182. The van der Waals surface area contributed by atoms with Gasteiger partial charge < -0.3 is 24.3 Å². The van der Waals surface area contributed by atoms with Crippen LogP contribution in [0.4, 0.5) is 5.82 Å². The molecule has 28 heavy (non-hydrogen) atoms. The third kappa shape index (κ3) is 2.87. The average Bonchev–Trinajstić information content (AvgIpc) is 3.17. The predicted molar refractivity (Wildman–Crippen MR) is 104 cm³/mol. The number of morpholine rings is 1. The molecule has 2 atom stereocenters. The van der Waals surface area contributed by atoms with E-state index in [0.717, 1.165) is 42.9 Å². The molecule has 0 aromatic carbocycles. The fourth-order valence-electron chi connectivity index (χ4n) is 4.84. The summed E-state index contributed by atoms with van der Waals surface area (Å²) < 4.78 is 11.3. The van der Waals surface area contributed by atoms with Crippen LogP contribution >= 0.6 is 0 Å². The van der Waals surface area contributed by atoms with Crippen molar-refractivity contribution in [3.8, 4) is 0 Å². The third-order valence-electron chi connectivity index (χ3n) is 6.14. The van der Waals surface area contributed by atoms with Crippen LogP contribution in [0.5, 0.6) is 0 Å². The topological polar surface area (TPSA) is 83.6 Å². The first kappa shape index (κ1) is 17.6. The Bertz CT molecular complexity index is 877. The van der Waals surface area contributed by atoms with Crippen molar-refractivity contribution in [2.75, 3.05) is 44.4 Å². The van der Waals surface area contributed by atoms with Gasteiger partial charge >= 0.3 is 0 Å². The van der Waals surface area contributed by atoms with E-state index < -0.39 is 0 Å². The molecule has 148 valence electrons. The number of nitrogens with one attached hydrogen (secondary N) is 1. The van der Waals surface area contributed by atoms with Gasteiger partial charge in [0, 0.05) is 32.5 Å². The van der Waals surface area contributed by atoms with E-state index in [1.165, 1.54) is 11.6 Å². The van der Waals surface area contributed by atoms with Gasteiger partial charge in [0.15, 0.2) is 0 Å². The molecule has 0 spiro atoms. The molecule has 8 heteroatoms. The molecule has 3 aliphatic heterocycles. The molecule has 2 unspecified atom stereocenters. The van der Waals surface area contributed by atoms with Crippen molar-refractivity contribution in [2.24, 2.45) is 0 Å². The van der Waals surface area contributed by atoms with E-state index in [9.17, 15) is 4.79 Å². The lowest BCUT2D eigenvalue weighted by Gasteiger charge is -2.49. The van der Waals surface area contributed by atoms with Crippen LogP contribution in [0.3, 0.4) is 0 Å². The van der Waals surface area contributed by atoms with Crippen molar-refractivity contribution in [3.05, 3.63) is 30.7 Å². The van der Waals surface area contributed by atoms with Crippen LogP contribution < -0.4 is 4.90 Å². The first-order chi connectivity index (χ1) is 13.8. The van der Waals surface area contributed by atoms with E-state index >= 15 is 0 Å². The second kappa shape index (κ2) is 7.18. The molecule has 2 aromatic rings. The fraction of sp³-hybridized carbons (Fsp3) is 0.550. The van der Waals surface area contributed by atoms with Crippen LogP contribution in [0.25, 0.3) is 11.0 Å². The molecule has 3 saturated heterocycles. The molecule has 0 aliphatic carbocycles. The van der Waals surface area contributed by atoms with Crippen molar-refractivity contribution in [1.29, 1.82) is 0 Å². The quantitative estimate of drug-likeness (QED) is 0.808. The Morgan fingerprint density at radius 2 is 1.93 bits per heavy atom. The number of rotatable bonds is 3. The lowest BCUT2D eigenvalue weighted by molar-refractivity contribution is -0.142. The van der Waals surface area contributed by atoms with Gasteiger partial charge in [-0.15, -0.1) is 0 Å². The number of hydrogen-bond donors (Lipinski definition) is 1. The summed E-state index contributed by atoms with van der Waals surface area (Å²) >= 11 is 0. The van der Waals surface area contributed by atoms with Crippen molar-refractivity contribution in [1.82, 2.24) is 19.9 Å². The van der Waals surface area contributed by atoms with E-state index in [4.69, 9.17) is 9.47 Å². The maximum absolute atomic E-state index is 12.3. The summed E-state index contributed by atoms with van der Waals surface area (Å²) in [6.45, 7) is 7.72. The first-order valence-corrected chi connectivity index (χ1v) is 9.93. The normalized spacial score (nSPS) is 25.9. The fourth-order valence-corrected chi connectivity index (χ4v) is 4.84. The van der Waals surface area contributed by atoms with E-state index in [-0.39, 0.29) is 18.0 Å². The number of aromatic nitrogens is 3. The van der Waals surface area contributed by atoms with Crippen LogP contribution in [-0.2, 0) is 14.3 Å². The van der Waals surface area contributed by atoms with Gasteiger partial charge in [-0.05, 0) is 30.4 Å². The van der Waals surface area contributed by atoms with Crippen LogP contribution in [0.15, 0.2) is 25.2 Å². The molecule has 1 amide bonds. The molecule has 0 radical (unpaired) electrons. The Labute approximate surface area is 163 Å². The number of anilines is 1. The van der Waals surface area contributed by atoms with Gasteiger partial charge in [-0.25, -0.2) is 9.97 Å². The summed E-state index contributed by atoms with van der Waals surface area (Å²) in [7, 11) is 0. The van der Waals surface area contributed by atoms with Crippen LogP contribution in [0, 0.1) is 0 Å². The Kier molecular flexibility index (Phi) is 4.52. The summed E-state index contributed by atoms with van der Waals surface area (Å²) in [4.78, 5) is 29.0. The van der Waals surface area contributed by atoms with E-state index in [1.54, 1.807) is 6.33 Å². The van der Waals surface area contributed by atoms with E-state index in [2.05, 4.69) is 32.6 Å². The van der Waals surface area contributed by atoms with Crippen LogP contribution in [0.1, 0.15) is 24.3 Å². The molecule has 5 heterocycles. The molecular weight excluding hydrogens is 358 g/mol. The van der Waals surface area contributed by atoms with Gasteiger partial charge in [0.1, 0.15) is 17.8 Å². The van der Waals surface area contributed by atoms with Gasteiger partial charge in [-0.1, -0.05) is 6.58 Å². The molecule has 2 bridgehead atoms. The number of fused-ring (bicyclic) bond motifs is 3. The lowest BCUT2D eigenvalue weighted by Crippen LogP contribution is -2.66. The highest BCUT2D eigenvalue weighted by molar-refractivity contribution is 5.92. The van der Waals surface area contributed by atoms with Gasteiger partial charge in [0.25, 0.3) is 0 Å². The Morgan fingerprint density at radius 3 is 2.64 bits per heavy atom. The number of amides is 1. The largest absolute Gasteiger partial charge is 0.381 e. The highest BCUT2D eigenvalue weighted by atomic mass is 16.5. The van der Waals surface area contributed by atoms with Gasteiger partial charge in [0.05, 0.1) is 30.7 Å². The van der Waals surface area contributed by atoms with Gasteiger partial charge in [0.2, 0.25) is 5.91 Å². The minimum Gasteiger partial charge on any atom is -0.381 e. The number of H-pyrrole nitrogens is 1. The molecular formula is C20H25N5O3. The Balaban J connectivity index is 1.50. The number of piperazine rings is 1. The summed E-state index contributed by atoms with van der Waals surface area (Å²) in [5.41, 5.74) is 2.15. The first-order valence-electron chi connectivity index (χ1n) is 9.93. The smallest absolute Gasteiger partial charge is 0.246 e. The molecule has 3 aliphatic rings. The molecule has 8 nitrogen and oxygen atoms in total. The maximum Gasteiger partial charge on any atom is 0.246 e. The molecule has 0 saturated carbocycles. The Morgan fingerprint density at radius 1 is 1.18 bits per heavy atom. The number of carbonyl (C=O) groups excluding carboxylic acids is 1. The SMILES string of the molecule is C=CC(=O)N1C2COCC1CN(c1ncnc3[nH]cc(C4CCOCC4)c13)C2. The van der Waals surface area contributed by atoms with Crippen LogP contribution in [-0.4, -0.2) is 77.4 Å². The standard InChI is InChI=1S/C20H25N5O3/c1-2-17(26)25-14-8-24(9-15(25)11-28-10-14)20-18-16(13-3-5-27-6-4-13)7-21-19(18)22-12-23-20/h2,7,12-15H,1,3-6,8-11H2,(H,21,22,23). The molecule has 2 aromatic heterocycles. The van der Waals surface area contributed by atoms with Crippen molar-refractivity contribution >= 4 is 22.8 Å². The van der Waals surface area contributed by atoms with E-state index in [1.807, 2.05) is 4.90 Å². The van der Waals surface area contributed by atoms with Crippen LogP contribution in [0.2, 0.25) is 0 Å². The number of nitrogens with zero attached hydrogens (tertiary/aromatic N) is 4. The number of carbonyl (C=O) groups is 1. The maximum atomic E-state index is 12.3.